The maximum atomic E-state index is 14.8. The van der Waals surface area contributed by atoms with Gasteiger partial charge in [0.1, 0.15) is 49.3 Å². The molecule has 0 bridgehead atoms. The molecule has 80 heavy (non-hydrogen) atoms. The van der Waals surface area contributed by atoms with Crippen LogP contribution in [0, 0.1) is 0 Å². The van der Waals surface area contributed by atoms with Crippen LogP contribution in [-0.4, -0.2) is 95.3 Å². The summed E-state index contributed by atoms with van der Waals surface area (Å²) in [6.07, 6.45) is -11.5. The fourth-order valence-electron chi connectivity index (χ4n) is 10.3. The van der Waals surface area contributed by atoms with Crippen LogP contribution in [0.1, 0.15) is 53.4 Å². The van der Waals surface area contributed by atoms with Crippen molar-refractivity contribution in [2.45, 2.75) is 114 Å². The SMILES string of the molecule is COC(=O)C1O[C@@H](O[Si](c2ccccc2)(c2ccccc2)C(C)(C)C)C(OCc2ccccc2)[C@@H](OCc2ccccc2)[C@H]1O[C@@H]1OC(COC(=O)c2ccccc2)[C@H](OCc2ccccc2)[C@H](OCc2ccccc2)C1N=[N+]=[N-]. The molecular formula is C64H67N3O12Si. The lowest BCUT2D eigenvalue weighted by Gasteiger charge is -2.51. The lowest BCUT2D eigenvalue weighted by molar-refractivity contribution is -0.346. The van der Waals surface area contributed by atoms with Crippen molar-refractivity contribution < 1.29 is 56.6 Å². The van der Waals surface area contributed by atoms with E-state index < -0.39 is 86.6 Å². The molecule has 2 fully saturated rings. The number of carbonyl (C=O) groups is 2. The van der Waals surface area contributed by atoms with Crippen molar-refractivity contribution in [1.82, 2.24) is 0 Å². The molecule has 15 nitrogen and oxygen atoms in total. The number of methoxy groups -OCH3 is 1. The number of esters is 2. The van der Waals surface area contributed by atoms with E-state index in [0.717, 1.165) is 32.6 Å². The Bertz CT molecular complexity index is 3010. The number of rotatable bonds is 23. The number of azide groups is 1. The van der Waals surface area contributed by atoms with Gasteiger partial charge in [-0.1, -0.05) is 226 Å². The molecule has 2 heterocycles. The summed E-state index contributed by atoms with van der Waals surface area (Å²) in [4.78, 5) is 31.8. The second-order valence-electron chi connectivity index (χ2n) is 20.6. The summed E-state index contributed by atoms with van der Waals surface area (Å²) in [6.45, 7) is 6.31. The Hall–Kier alpha value is -7.31. The molecule has 0 aliphatic carbocycles. The Balaban J connectivity index is 1.17. The lowest BCUT2D eigenvalue weighted by atomic mass is 9.95. The molecule has 2 aliphatic heterocycles. The van der Waals surface area contributed by atoms with E-state index in [1.807, 2.05) is 158 Å². The van der Waals surface area contributed by atoms with Gasteiger partial charge < -0.3 is 47.1 Å². The van der Waals surface area contributed by atoms with Crippen LogP contribution in [0.5, 0.6) is 0 Å². The van der Waals surface area contributed by atoms with E-state index in [1.165, 1.54) is 7.11 Å². The fraction of sp³-hybridized carbons (Fsp3) is 0.312. The highest BCUT2D eigenvalue weighted by atomic mass is 28.4. The first-order chi connectivity index (χ1) is 39.1. The second-order valence-corrected chi connectivity index (χ2v) is 24.8. The van der Waals surface area contributed by atoms with Crippen LogP contribution in [-0.2, 0) is 78.3 Å². The molecule has 2 saturated heterocycles. The standard InChI is InChI=1S/C64H67N3O12Si/c1-64(2,3)80(50-36-22-10-23-37-50,51-38-24-11-25-39-51)79-63-59(74-43-48-32-18-8-19-33-48)56(73-42-47-30-16-7-17-31-47)57(58(78-63)61(69)70-4)77-62-53(66-67-65)55(72-41-46-28-14-6-15-29-46)54(71-40-45-26-12-5-13-27-45)52(76-62)44-75-60(68)49-34-20-9-21-35-49/h5-39,52-59,62-63H,40-44H2,1-4H3/t52?,53?,54-,55+,56-,57+,58?,59?,62-,63-/m0/s1. The minimum Gasteiger partial charge on any atom is -0.467 e. The van der Waals surface area contributed by atoms with Crippen molar-refractivity contribution in [2.24, 2.45) is 5.11 Å². The quantitative estimate of drug-likeness (QED) is 0.0195. The molecule has 9 rings (SSSR count). The van der Waals surface area contributed by atoms with Crippen LogP contribution >= 0.6 is 0 Å². The number of nitrogens with zero attached hydrogens (tertiary/aromatic N) is 3. The summed E-state index contributed by atoms with van der Waals surface area (Å²) in [6, 6.07) is 65.7. The van der Waals surface area contributed by atoms with E-state index in [0.29, 0.717) is 5.56 Å². The maximum absolute atomic E-state index is 14.8. The van der Waals surface area contributed by atoms with Crippen LogP contribution < -0.4 is 10.4 Å². The molecule has 16 heteroatoms. The van der Waals surface area contributed by atoms with Gasteiger partial charge in [-0.15, -0.1) is 0 Å². The van der Waals surface area contributed by atoms with E-state index in [-0.39, 0.29) is 33.0 Å². The Morgan fingerprint density at radius 1 is 0.525 bits per heavy atom. The van der Waals surface area contributed by atoms with E-state index in [2.05, 4.69) is 55.1 Å². The molecule has 7 aromatic carbocycles. The van der Waals surface area contributed by atoms with Gasteiger partial charge in [0.15, 0.2) is 18.7 Å². The van der Waals surface area contributed by atoms with Gasteiger partial charge in [-0.25, -0.2) is 9.59 Å². The summed E-state index contributed by atoms with van der Waals surface area (Å²) in [7, 11) is -2.25. The van der Waals surface area contributed by atoms with Gasteiger partial charge in [-0.2, -0.15) is 0 Å². The van der Waals surface area contributed by atoms with Gasteiger partial charge in [0.2, 0.25) is 0 Å². The summed E-state index contributed by atoms with van der Waals surface area (Å²) >= 11 is 0. The molecule has 414 valence electrons. The maximum Gasteiger partial charge on any atom is 0.338 e. The van der Waals surface area contributed by atoms with E-state index in [4.69, 9.17) is 47.1 Å². The van der Waals surface area contributed by atoms with E-state index in [9.17, 15) is 15.1 Å². The Labute approximate surface area is 468 Å². The van der Waals surface area contributed by atoms with Crippen LogP contribution in [0.2, 0.25) is 5.04 Å². The molecule has 0 saturated carbocycles. The lowest BCUT2D eigenvalue weighted by Crippen LogP contribution is -2.72. The highest BCUT2D eigenvalue weighted by Crippen LogP contribution is 2.42. The van der Waals surface area contributed by atoms with Crippen molar-refractivity contribution >= 4 is 30.6 Å². The summed E-state index contributed by atoms with van der Waals surface area (Å²) in [5.41, 5.74) is 14.1. The van der Waals surface area contributed by atoms with Crippen molar-refractivity contribution in [3.63, 3.8) is 0 Å². The number of carbonyl (C=O) groups excluding carboxylic acids is 2. The van der Waals surface area contributed by atoms with Crippen LogP contribution in [0.3, 0.4) is 0 Å². The zero-order chi connectivity index (χ0) is 55.7. The molecule has 4 unspecified atom stereocenters. The topological polar surface area (TPSA) is 175 Å². The molecule has 0 N–H and O–H groups in total. The summed E-state index contributed by atoms with van der Waals surface area (Å²) in [5.74, 6) is -1.43. The van der Waals surface area contributed by atoms with Crippen molar-refractivity contribution in [3.05, 3.63) is 251 Å². The van der Waals surface area contributed by atoms with Gasteiger partial charge in [-0.3, -0.25) is 0 Å². The Morgan fingerprint density at radius 2 is 0.938 bits per heavy atom. The molecule has 0 radical (unpaired) electrons. The van der Waals surface area contributed by atoms with Gasteiger partial charge in [0.25, 0.3) is 8.32 Å². The summed E-state index contributed by atoms with van der Waals surface area (Å²) < 4.78 is 68.3. The third kappa shape index (κ3) is 14.0. The van der Waals surface area contributed by atoms with Crippen molar-refractivity contribution in [3.8, 4) is 0 Å². The molecule has 7 aromatic rings. The van der Waals surface area contributed by atoms with Crippen molar-refractivity contribution in [2.75, 3.05) is 13.7 Å². The number of benzene rings is 7. The first-order valence-corrected chi connectivity index (χ1v) is 28.7. The smallest absolute Gasteiger partial charge is 0.338 e. The number of hydrogen-bond acceptors (Lipinski definition) is 13. The van der Waals surface area contributed by atoms with Gasteiger partial charge in [0, 0.05) is 4.91 Å². The first-order valence-electron chi connectivity index (χ1n) is 26.8. The minimum absolute atomic E-state index is 0.0258. The predicted octanol–water partition coefficient (Wildman–Crippen LogP) is 10.4. The highest BCUT2D eigenvalue weighted by molar-refractivity contribution is 6.99. The van der Waals surface area contributed by atoms with Crippen LogP contribution in [0.15, 0.2) is 217 Å². The largest absolute Gasteiger partial charge is 0.467 e. The average Bonchev–Trinajstić information content (AvgIpc) is 3.33. The predicted molar refractivity (Wildman–Crippen MR) is 303 cm³/mol. The average molecular weight is 1100 g/mol. The molecule has 10 atom stereocenters. The molecule has 2 aliphatic rings. The zero-order valence-electron chi connectivity index (χ0n) is 45.3. The highest BCUT2D eigenvalue weighted by Gasteiger charge is 2.60. The second kappa shape index (κ2) is 27.7. The monoisotopic (exact) mass is 1100 g/mol. The van der Waals surface area contributed by atoms with Gasteiger partial charge >= 0.3 is 11.9 Å². The Morgan fingerprint density at radius 3 is 1.38 bits per heavy atom. The van der Waals surface area contributed by atoms with E-state index >= 15 is 0 Å². The normalized spacial score (nSPS) is 23.1. The molecule has 0 amide bonds. The van der Waals surface area contributed by atoms with Crippen LogP contribution in [0.25, 0.3) is 10.4 Å². The third-order valence-electron chi connectivity index (χ3n) is 14.3. The molecular weight excluding hydrogens is 1030 g/mol. The first kappa shape index (κ1) is 57.4. The third-order valence-corrected chi connectivity index (χ3v) is 19.2. The van der Waals surface area contributed by atoms with E-state index in [1.54, 1.807) is 30.3 Å². The molecule has 0 aromatic heterocycles. The van der Waals surface area contributed by atoms with Crippen molar-refractivity contribution in [1.29, 1.82) is 0 Å². The Kier molecular flexibility index (Phi) is 19.9. The molecule has 0 spiro atoms. The summed E-state index contributed by atoms with van der Waals surface area (Å²) in [5, 5.41) is 5.69. The van der Waals surface area contributed by atoms with Gasteiger partial charge in [0.05, 0.1) is 39.1 Å². The fourth-order valence-corrected chi connectivity index (χ4v) is 14.9. The minimum atomic E-state index is -3.51. The number of hydrogen-bond donors (Lipinski definition) is 0. The van der Waals surface area contributed by atoms with Crippen LogP contribution in [0.4, 0.5) is 0 Å². The zero-order valence-corrected chi connectivity index (χ0v) is 46.3. The van der Waals surface area contributed by atoms with Gasteiger partial charge in [-0.05, 0) is 55.3 Å². The number of ether oxygens (including phenoxy) is 9.